The highest BCUT2D eigenvalue weighted by molar-refractivity contribution is 6.05. The molecule has 1 aliphatic carbocycles. The number of carbonyl (C=O) groups is 1. The topological polar surface area (TPSA) is 82.0 Å². The Balaban J connectivity index is 2.34. The van der Waals surface area contributed by atoms with E-state index in [-0.39, 0.29) is 12.2 Å². The summed E-state index contributed by atoms with van der Waals surface area (Å²) in [6.07, 6.45) is 2.02. The second kappa shape index (κ2) is 3.31. The van der Waals surface area contributed by atoms with Crippen LogP contribution in [0.2, 0.25) is 0 Å². The predicted octanol–water partition coefficient (Wildman–Crippen LogP) is 1.70. The molecule has 2 aromatic rings. The van der Waals surface area contributed by atoms with Crippen LogP contribution in [-0.4, -0.2) is 10.8 Å². The second-order valence-electron chi connectivity index (χ2n) is 4.19. The third-order valence-electron chi connectivity index (χ3n) is 2.86. The first-order chi connectivity index (χ1) is 8.13. The summed E-state index contributed by atoms with van der Waals surface area (Å²) < 4.78 is 0. The summed E-state index contributed by atoms with van der Waals surface area (Å²) in [4.78, 5) is 16.2. The standard InChI is InChI=1S/C13H11N3O/c14-8-2-1-7-3-10-12(16-11(7)4-8)5-9(15)6-13(10)17/h1-5H,6,14-15H2. The predicted molar refractivity (Wildman–Crippen MR) is 67.3 cm³/mol. The maximum Gasteiger partial charge on any atom is 0.170 e. The van der Waals surface area contributed by atoms with E-state index < -0.39 is 0 Å². The minimum absolute atomic E-state index is 0.0197. The quantitative estimate of drug-likeness (QED) is 0.668. The molecule has 0 saturated carbocycles. The highest BCUT2D eigenvalue weighted by Crippen LogP contribution is 2.25. The van der Waals surface area contributed by atoms with E-state index in [0.717, 1.165) is 10.9 Å². The van der Waals surface area contributed by atoms with Gasteiger partial charge in [0.15, 0.2) is 5.78 Å². The molecule has 4 nitrogen and oxygen atoms in total. The van der Waals surface area contributed by atoms with Gasteiger partial charge in [0.2, 0.25) is 0 Å². The summed E-state index contributed by atoms with van der Waals surface area (Å²) in [6, 6.07) is 7.31. The number of rotatable bonds is 0. The molecule has 1 aliphatic rings. The lowest BCUT2D eigenvalue weighted by Gasteiger charge is -2.13. The van der Waals surface area contributed by atoms with Crippen LogP contribution in [0.25, 0.3) is 17.0 Å². The fraction of sp³-hybridized carbons (Fsp3) is 0.0769. The van der Waals surface area contributed by atoms with E-state index in [9.17, 15) is 4.79 Å². The van der Waals surface area contributed by atoms with E-state index in [1.165, 1.54) is 0 Å². The van der Waals surface area contributed by atoms with Crippen LogP contribution in [0.1, 0.15) is 22.5 Å². The number of anilines is 1. The van der Waals surface area contributed by atoms with Crippen molar-refractivity contribution in [3.8, 4) is 0 Å². The van der Waals surface area contributed by atoms with E-state index in [1.807, 2.05) is 12.1 Å². The van der Waals surface area contributed by atoms with Crippen LogP contribution in [0, 0.1) is 0 Å². The molecule has 0 spiro atoms. The van der Waals surface area contributed by atoms with Crippen molar-refractivity contribution in [2.24, 2.45) is 5.73 Å². The number of ketones is 1. The molecule has 1 heterocycles. The Morgan fingerprint density at radius 1 is 1.18 bits per heavy atom. The van der Waals surface area contributed by atoms with E-state index in [4.69, 9.17) is 11.5 Å². The van der Waals surface area contributed by atoms with E-state index >= 15 is 0 Å². The SMILES string of the molecule is NC1=Cc2nc3cc(N)ccc3cc2C(=O)C1. The first-order valence-electron chi connectivity index (χ1n) is 5.33. The zero-order chi connectivity index (χ0) is 12.0. The largest absolute Gasteiger partial charge is 0.402 e. The number of fused-ring (bicyclic) bond motifs is 2. The van der Waals surface area contributed by atoms with Crippen LogP contribution >= 0.6 is 0 Å². The van der Waals surface area contributed by atoms with Gasteiger partial charge in [0.1, 0.15) is 0 Å². The van der Waals surface area contributed by atoms with Gasteiger partial charge >= 0.3 is 0 Å². The zero-order valence-electron chi connectivity index (χ0n) is 9.10. The maximum absolute atomic E-state index is 11.8. The van der Waals surface area contributed by atoms with Crippen molar-refractivity contribution in [2.45, 2.75) is 6.42 Å². The van der Waals surface area contributed by atoms with Crippen LogP contribution in [0.5, 0.6) is 0 Å². The van der Waals surface area contributed by atoms with E-state index in [0.29, 0.717) is 22.6 Å². The molecule has 0 atom stereocenters. The minimum atomic E-state index is 0.0197. The third-order valence-corrected chi connectivity index (χ3v) is 2.86. The molecule has 0 fully saturated rings. The van der Waals surface area contributed by atoms with Crippen molar-refractivity contribution >= 4 is 28.4 Å². The van der Waals surface area contributed by atoms with Gasteiger partial charge in [0.25, 0.3) is 0 Å². The molecule has 0 radical (unpaired) electrons. The fourth-order valence-electron chi connectivity index (χ4n) is 2.04. The molecule has 0 aliphatic heterocycles. The van der Waals surface area contributed by atoms with Crippen molar-refractivity contribution < 1.29 is 4.79 Å². The van der Waals surface area contributed by atoms with Crippen LogP contribution in [0.3, 0.4) is 0 Å². The normalized spacial score (nSPS) is 14.6. The fourth-order valence-corrected chi connectivity index (χ4v) is 2.04. The molecule has 4 N–H and O–H groups in total. The monoisotopic (exact) mass is 225 g/mol. The number of carbonyl (C=O) groups excluding carboxylic acids is 1. The molecule has 4 heteroatoms. The Hall–Kier alpha value is -2.36. The van der Waals surface area contributed by atoms with Gasteiger partial charge in [-0.2, -0.15) is 0 Å². The van der Waals surface area contributed by atoms with Crippen molar-refractivity contribution in [3.05, 3.63) is 41.2 Å². The highest BCUT2D eigenvalue weighted by atomic mass is 16.1. The van der Waals surface area contributed by atoms with Crippen molar-refractivity contribution in [2.75, 3.05) is 5.73 Å². The smallest absolute Gasteiger partial charge is 0.170 e. The first-order valence-corrected chi connectivity index (χ1v) is 5.33. The lowest BCUT2D eigenvalue weighted by molar-refractivity contribution is 0.0991. The summed E-state index contributed by atoms with van der Waals surface area (Å²) in [5.74, 6) is 0.0197. The van der Waals surface area contributed by atoms with E-state index in [2.05, 4.69) is 4.98 Å². The highest BCUT2D eigenvalue weighted by Gasteiger charge is 2.18. The molecule has 84 valence electrons. The van der Waals surface area contributed by atoms with Gasteiger partial charge < -0.3 is 11.5 Å². The third kappa shape index (κ3) is 1.54. The number of aromatic nitrogens is 1. The number of nitrogens with two attached hydrogens (primary N) is 2. The summed E-state index contributed by atoms with van der Waals surface area (Å²) in [5.41, 5.74) is 14.7. The first kappa shape index (κ1) is 9.84. The molecule has 1 aromatic carbocycles. The Kier molecular flexibility index (Phi) is 1.92. The molecule has 0 bridgehead atoms. The number of pyridine rings is 1. The molecular weight excluding hydrogens is 214 g/mol. The summed E-state index contributed by atoms with van der Waals surface area (Å²) in [6.45, 7) is 0. The molecule has 0 saturated heterocycles. The average Bonchev–Trinajstić information content (AvgIpc) is 2.26. The molecule has 17 heavy (non-hydrogen) atoms. The van der Waals surface area contributed by atoms with E-state index in [1.54, 1.807) is 18.2 Å². The zero-order valence-corrected chi connectivity index (χ0v) is 9.10. The number of nitrogens with zero attached hydrogens (tertiary/aromatic N) is 1. The Labute approximate surface area is 97.9 Å². The Morgan fingerprint density at radius 2 is 2.00 bits per heavy atom. The molecule has 3 rings (SSSR count). The van der Waals surface area contributed by atoms with Gasteiger partial charge in [-0.3, -0.25) is 4.79 Å². The lowest BCUT2D eigenvalue weighted by atomic mass is 9.97. The molecule has 0 unspecified atom stereocenters. The number of hydrogen-bond donors (Lipinski definition) is 2. The molecule has 0 amide bonds. The maximum atomic E-state index is 11.8. The van der Waals surface area contributed by atoms with Gasteiger partial charge in [-0.1, -0.05) is 6.07 Å². The second-order valence-corrected chi connectivity index (χ2v) is 4.19. The van der Waals surface area contributed by atoms with Gasteiger partial charge in [0.05, 0.1) is 17.6 Å². The number of benzene rings is 1. The van der Waals surface area contributed by atoms with Gasteiger partial charge in [0, 0.05) is 22.3 Å². The van der Waals surface area contributed by atoms with Crippen LogP contribution in [0.15, 0.2) is 30.0 Å². The Morgan fingerprint density at radius 3 is 2.82 bits per heavy atom. The van der Waals surface area contributed by atoms with Crippen LogP contribution in [0.4, 0.5) is 5.69 Å². The van der Waals surface area contributed by atoms with Crippen molar-refractivity contribution in [3.63, 3.8) is 0 Å². The minimum Gasteiger partial charge on any atom is -0.402 e. The van der Waals surface area contributed by atoms with Gasteiger partial charge in [-0.25, -0.2) is 4.98 Å². The van der Waals surface area contributed by atoms with Crippen LogP contribution in [-0.2, 0) is 0 Å². The van der Waals surface area contributed by atoms with Gasteiger partial charge in [-0.15, -0.1) is 0 Å². The number of hydrogen-bond acceptors (Lipinski definition) is 4. The summed E-state index contributed by atoms with van der Waals surface area (Å²) >= 11 is 0. The molecular formula is C13H11N3O. The summed E-state index contributed by atoms with van der Waals surface area (Å²) in [7, 11) is 0. The number of allylic oxidation sites excluding steroid dienone is 1. The van der Waals surface area contributed by atoms with Crippen molar-refractivity contribution in [1.82, 2.24) is 4.98 Å². The average molecular weight is 225 g/mol. The summed E-state index contributed by atoms with van der Waals surface area (Å²) in [5, 5.41) is 0.917. The lowest BCUT2D eigenvalue weighted by Crippen LogP contribution is -2.14. The van der Waals surface area contributed by atoms with Crippen LogP contribution < -0.4 is 11.5 Å². The number of nitrogen functional groups attached to an aromatic ring is 1. The number of Topliss-reactive ketones (excluding diaryl/α,β-unsaturated/α-hetero) is 1. The molecule has 1 aromatic heterocycles. The van der Waals surface area contributed by atoms with Gasteiger partial charge in [-0.05, 0) is 24.3 Å². The van der Waals surface area contributed by atoms with Crippen molar-refractivity contribution in [1.29, 1.82) is 0 Å². The Bertz CT molecular complexity index is 674.